The molecule has 0 bridgehead atoms. The number of nitrogens with one attached hydrogen (secondary N) is 1. The Bertz CT molecular complexity index is 1150. The lowest BCUT2D eigenvalue weighted by atomic mass is 10.0. The highest BCUT2D eigenvalue weighted by Crippen LogP contribution is 2.23. The zero-order valence-corrected chi connectivity index (χ0v) is 17.5. The van der Waals surface area contributed by atoms with E-state index in [9.17, 15) is 14.4 Å². The molecule has 1 N–H and O–H groups in total. The summed E-state index contributed by atoms with van der Waals surface area (Å²) in [6.07, 6.45) is 2.40. The van der Waals surface area contributed by atoms with Crippen LogP contribution in [-0.4, -0.2) is 30.3 Å². The van der Waals surface area contributed by atoms with E-state index < -0.39 is 12.1 Å². The highest BCUT2D eigenvalue weighted by Gasteiger charge is 2.22. The van der Waals surface area contributed by atoms with Crippen LogP contribution in [0.25, 0.3) is 10.8 Å². The second-order valence-electron chi connectivity index (χ2n) is 7.93. The molecule has 0 heterocycles. The van der Waals surface area contributed by atoms with Crippen molar-refractivity contribution in [2.75, 3.05) is 6.54 Å². The number of carbonyl (C=O) groups is 3. The van der Waals surface area contributed by atoms with Gasteiger partial charge in [0.2, 0.25) is 11.7 Å². The van der Waals surface area contributed by atoms with Crippen LogP contribution in [0.2, 0.25) is 0 Å². The second kappa shape index (κ2) is 9.13. The van der Waals surface area contributed by atoms with E-state index in [2.05, 4.69) is 5.32 Å². The molecule has 3 aromatic carbocycles. The molecule has 31 heavy (non-hydrogen) atoms. The maximum Gasteiger partial charge on any atom is 0.326 e. The highest BCUT2D eigenvalue weighted by atomic mass is 16.5. The number of Topliss-reactive ketones (excluding diaryl/α,β-unsaturated/α-hetero) is 1. The predicted octanol–water partition coefficient (Wildman–Crippen LogP) is 3.80. The summed E-state index contributed by atoms with van der Waals surface area (Å²) in [5.74, 6) is -1.13. The summed E-state index contributed by atoms with van der Waals surface area (Å²) in [6, 6.07) is 19.3. The van der Waals surface area contributed by atoms with Crippen LogP contribution in [0.1, 0.15) is 40.4 Å². The molecule has 1 aliphatic rings. The molecular formula is C26H25NO4. The molecule has 1 aliphatic carbocycles. The first-order chi connectivity index (χ1) is 15.0. The fraction of sp³-hybridized carbons (Fsp3) is 0.269. The number of esters is 1. The maximum absolute atomic E-state index is 12.6. The molecule has 0 saturated heterocycles. The maximum atomic E-state index is 12.6. The van der Waals surface area contributed by atoms with Gasteiger partial charge in [-0.25, -0.2) is 0 Å². The van der Waals surface area contributed by atoms with E-state index in [-0.39, 0.29) is 24.7 Å². The quantitative estimate of drug-likeness (QED) is 0.471. The first-order valence-corrected chi connectivity index (χ1v) is 10.6. The summed E-state index contributed by atoms with van der Waals surface area (Å²) in [4.78, 5) is 37.1. The van der Waals surface area contributed by atoms with E-state index in [0.29, 0.717) is 5.56 Å². The fourth-order valence-electron chi connectivity index (χ4n) is 4.11. The van der Waals surface area contributed by atoms with Crippen molar-refractivity contribution >= 4 is 28.4 Å². The van der Waals surface area contributed by atoms with Crippen molar-refractivity contribution in [1.82, 2.24) is 5.32 Å². The summed E-state index contributed by atoms with van der Waals surface area (Å²) in [5, 5.41) is 4.66. The Morgan fingerprint density at radius 3 is 2.61 bits per heavy atom. The molecule has 4 rings (SSSR count). The minimum Gasteiger partial charge on any atom is -0.453 e. The molecule has 0 radical (unpaired) electrons. The van der Waals surface area contributed by atoms with Crippen molar-refractivity contribution in [2.24, 2.45) is 0 Å². The van der Waals surface area contributed by atoms with E-state index in [1.165, 1.54) is 11.1 Å². The van der Waals surface area contributed by atoms with Crippen LogP contribution < -0.4 is 5.32 Å². The Morgan fingerprint density at radius 1 is 0.968 bits per heavy atom. The summed E-state index contributed by atoms with van der Waals surface area (Å²) >= 11 is 0. The second-order valence-corrected chi connectivity index (χ2v) is 7.93. The van der Waals surface area contributed by atoms with E-state index in [0.717, 1.165) is 35.6 Å². The highest BCUT2D eigenvalue weighted by molar-refractivity contribution is 6.00. The Morgan fingerprint density at radius 2 is 1.74 bits per heavy atom. The van der Waals surface area contributed by atoms with Gasteiger partial charge in [0.05, 0.1) is 6.42 Å². The van der Waals surface area contributed by atoms with Gasteiger partial charge < -0.3 is 10.1 Å². The summed E-state index contributed by atoms with van der Waals surface area (Å²) in [7, 11) is 0. The van der Waals surface area contributed by atoms with Crippen LogP contribution in [0.5, 0.6) is 0 Å². The minimum absolute atomic E-state index is 0.165. The van der Waals surface area contributed by atoms with Gasteiger partial charge in [-0.2, -0.15) is 0 Å². The van der Waals surface area contributed by atoms with Gasteiger partial charge >= 0.3 is 5.97 Å². The van der Waals surface area contributed by atoms with E-state index >= 15 is 0 Å². The largest absolute Gasteiger partial charge is 0.453 e. The lowest BCUT2D eigenvalue weighted by molar-refractivity contribution is -0.146. The Labute approximate surface area is 181 Å². The third-order valence-electron chi connectivity index (χ3n) is 5.72. The molecular weight excluding hydrogens is 390 g/mol. The summed E-state index contributed by atoms with van der Waals surface area (Å²) in [5.41, 5.74) is 3.94. The SMILES string of the molecule is C[C@@H](OC(=O)CNC(=O)Cc1cccc2ccccc12)C(=O)c1ccc2c(c1)CCC2. The molecule has 1 amide bonds. The van der Waals surface area contributed by atoms with E-state index in [4.69, 9.17) is 4.74 Å². The normalized spacial score (nSPS) is 13.5. The molecule has 0 fully saturated rings. The molecule has 5 heteroatoms. The van der Waals surface area contributed by atoms with Gasteiger partial charge in [-0.05, 0) is 59.7 Å². The number of aryl methyl sites for hydroxylation is 2. The van der Waals surface area contributed by atoms with Gasteiger partial charge in [-0.1, -0.05) is 54.6 Å². The number of benzene rings is 3. The van der Waals surface area contributed by atoms with Gasteiger partial charge in [0.25, 0.3) is 0 Å². The first kappa shape index (κ1) is 20.8. The molecule has 0 unspecified atom stereocenters. The molecule has 5 nitrogen and oxygen atoms in total. The van der Waals surface area contributed by atoms with Crippen molar-refractivity contribution in [3.63, 3.8) is 0 Å². The standard InChI is InChI=1S/C26H25NO4/c1-17(26(30)22-13-12-18-7-4-9-20(18)14-22)31-25(29)16-27-24(28)15-21-10-5-8-19-6-2-3-11-23(19)21/h2-3,5-6,8,10-14,17H,4,7,9,15-16H2,1H3,(H,27,28)/t17-/m1/s1. The van der Waals surface area contributed by atoms with E-state index in [1.54, 1.807) is 13.0 Å². The van der Waals surface area contributed by atoms with Crippen LogP contribution in [0.3, 0.4) is 0 Å². The Kier molecular flexibility index (Phi) is 6.12. The van der Waals surface area contributed by atoms with Crippen molar-refractivity contribution in [3.8, 4) is 0 Å². The molecule has 1 atom stereocenters. The molecule has 0 aromatic heterocycles. The number of hydrogen-bond donors (Lipinski definition) is 1. The topological polar surface area (TPSA) is 72.5 Å². The third kappa shape index (κ3) is 4.82. The van der Waals surface area contributed by atoms with E-state index in [1.807, 2.05) is 54.6 Å². The Hall–Kier alpha value is -3.47. The van der Waals surface area contributed by atoms with Gasteiger partial charge in [0, 0.05) is 5.56 Å². The van der Waals surface area contributed by atoms with Crippen LogP contribution >= 0.6 is 0 Å². The lowest BCUT2D eigenvalue weighted by Crippen LogP contribution is -2.34. The molecule has 0 saturated carbocycles. The number of amides is 1. The molecule has 158 valence electrons. The van der Waals surface area contributed by atoms with Crippen LogP contribution in [0, 0.1) is 0 Å². The smallest absolute Gasteiger partial charge is 0.326 e. The average Bonchev–Trinajstić information content (AvgIpc) is 3.25. The number of ether oxygens (including phenoxy) is 1. The van der Waals surface area contributed by atoms with Crippen molar-refractivity contribution in [2.45, 2.75) is 38.7 Å². The molecule has 0 aliphatic heterocycles. The number of rotatable bonds is 7. The lowest BCUT2D eigenvalue weighted by Gasteiger charge is -2.14. The zero-order valence-electron chi connectivity index (χ0n) is 17.5. The van der Waals surface area contributed by atoms with Gasteiger partial charge in [-0.15, -0.1) is 0 Å². The third-order valence-corrected chi connectivity index (χ3v) is 5.72. The van der Waals surface area contributed by atoms with Crippen molar-refractivity contribution in [3.05, 3.63) is 82.9 Å². The van der Waals surface area contributed by atoms with Crippen LogP contribution in [-0.2, 0) is 33.6 Å². The predicted molar refractivity (Wildman–Crippen MR) is 119 cm³/mol. The fourth-order valence-corrected chi connectivity index (χ4v) is 4.11. The summed E-state index contributed by atoms with van der Waals surface area (Å²) < 4.78 is 5.25. The molecule has 0 spiro atoms. The van der Waals surface area contributed by atoms with Crippen LogP contribution in [0.15, 0.2) is 60.7 Å². The number of fused-ring (bicyclic) bond motifs is 2. The Balaban J connectivity index is 1.29. The first-order valence-electron chi connectivity index (χ1n) is 10.6. The van der Waals surface area contributed by atoms with Gasteiger partial charge in [-0.3, -0.25) is 14.4 Å². The molecule has 3 aromatic rings. The average molecular weight is 415 g/mol. The van der Waals surface area contributed by atoms with Crippen molar-refractivity contribution in [1.29, 1.82) is 0 Å². The number of ketones is 1. The van der Waals surface area contributed by atoms with Gasteiger partial charge in [0.15, 0.2) is 6.10 Å². The van der Waals surface area contributed by atoms with Crippen LogP contribution in [0.4, 0.5) is 0 Å². The summed E-state index contributed by atoms with van der Waals surface area (Å²) in [6.45, 7) is 1.29. The van der Waals surface area contributed by atoms with Crippen molar-refractivity contribution < 1.29 is 19.1 Å². The zero-order chi connectivity index (χ0) is 21.8. The minimum atomic E-state index is -0.901. The van der Waals surface area contributed by atoms with Gasteiger partial charge in [0.1, 0.15) is 6.54 Å². The number of carbonyl (C=O) groups excluding carboxylic acids is 3. The number of hydrogen-bond acceptors (Lipinski definition) is 4. The monoisotopic (exact) mass is 415 g/mol.